The van der Waals surface area contributed by atoms with Gasteiger partial charge < -0.3 is 5.73 Å². The molecule has 0 amide bonds. The molecule has 1 aromatic rings. The summed E-state index contributed by atoms with van der Waals surface area (Å²) in [6.45, 7) is 5.81. The fraction of sp³-hybridized carbons (Fsp3) is 0.625. The van der Waals surface area contributed by atoms with Crippen LogP contribution in [0.5, 0.6) is 0 Å². The summed E-state index contributed by atoms with van der Waals surface area (Å²) in [5, 5.41) is 0. The minimum Gasteiger partial charge on any atom is -0.329 e. The van der Waals surface area contributed by atoms with E-state index in [1.165, 1.54) is 25.5 Å². The Morgan fingerprint density at radius 3 is 2.95 bits per heavy atom. The molecule has 1 aliphatic heterocycles. The first-order valence-corrected chi connectivity index (χ1v) is 8.45. The first-order valence-electron chi connectivity index (χ1n) is 7.66. The van der Waals surface area contributed by atoms with Gasteiger partial charge in [0, 0.05) is 35.2 Å². The number of likely N-dealkylation sites (N-methyl/N-ethyl adjacent to an activating group) is 2. The van der Waals surface area contributed by atoms with Crippen LogP contribution in [0.3, 0.4) is 0 Å². The van der Waals surface area contributed by atoms with E-state index in [4.69, 9.17) is 5.73 Å². The molecule has 118 valence electrons. The van der Waals surface area contributed by atoms with Crippen LogP contribution >= 0.6 is 15.9 Å². The number of hydrogen-bond donors (Lipinski definition) is 1. The van der Waals surface area contributed by atoms with Gasteiger partial charge in [0.15, 0.2) is 0 Å². The van der Waals surface area contributed by atoms with Gasteiger partial charge in [-0.2, -0.15) is 0 Å². The summed E-state index contributed by atoms with van der Waals surface area (Å²) >= 11 is 3.42. The molecule has 0 aromatic heterocycles. The summed E-state index contributed by atoms with van der Waals surface area (Å²) in [5.41, 5.74) is 6.61. The van der Waals surface area contributed by atoms with Crippen molar-refractivity contribution in [3.05, 3.63) is 34.1 Å². The highest BCUT2D eigenvalue weighted by Gasteiger charge is 2.27. The highest BCUT2D eigenvalue weighted by molar-refractivity contribution is 9.10. The zero-order valence-corrected chi connectivity index (χ0v) is 14.4. The standard InChI is InChI=1S/C16H25BrFN3/c1-3-21-8-4-5-13(21)11-20(2)16(10-19)14-9-12(17)6-7-15(14)18/h6-7,9,13,16H,3-5,8,10-11,19H2,1-2H3. The summed E-state index contributed by atoms with van der Waals surface area (Å²) in [6.07, 6.45) is 2.47. The van der Waals surface area contributed by atoms with E-state index in [0.717, 1.165) is 17.6 Å². The van der Waals surface area contributed by atoms with E-state index < -0.39 is 0 Å². The molecule has 0 spiro atoms. The summed E-state index contributed by atoms with van der Waals surface area (Å²) in [5.74, 6) is -0.181. The van der Waals surface area contributed by atoms with Crippen molar-refractivity contribution in [1.82, 2.24) is 9.80 Å². The molecule has 2 unspecified atom stereocenters. The fourth-order valence-corrected chi connectivity index (χ4v) is 3.67. The van der Waals surface area contributed by atoms with Crippen molar-refractivity contribution in [2.24, 2.45) is 5.73 Å². The molecule has 2 N–H and O–H groups in total. The van der Waals surface area contributed by atoms with Gasteiger partial charge >= 0.3 is 0 Å². The molecule has 1 fully saturated rings. The predicted octanol–water partition coefficient (Wildman–Crippen LogP) is 3.00. The Morgan fingerprint density at radius 2 is 2.29 bits per heavy atom. The Balaban J connectivity index is 2.11. The second-order valence-corrected chi connectivity index (χ2v) is 6.70. The number of nitrogens with zero attached hydrogens (tertiary/aromatic N) is 2. The normalized spacial score (nSPS) is 21.1. The molecule has 0 saturated carbocycles. The van der Waals surface area contributed by atoms with Crippen molar-refractivity contribution in [1.29, 1.82) is 0 Å². The van der Waals surface area contributed by atoms with E-state index in [1.807, 2.05) is 13.1 Å². The smallest absolute Gasteiger partial charge is 0.128 e. The zero-order chi connectivity index (χ0) is 15.4. The topological polar surface area (TPSA) is 32.5 Å². The Morgan fingerprint density at radius 1 is 1.52 bits per heavy atom. The second kappa shape index (κ2) is 7.68. The number of hydrogen-bond acceptors (Lipinski definition) is 3. The van der Waals surface area contributed by atoms with Crippen LogP contribution in [0.2, 0.25) is 0 Å². The lowest BCUT2D eigenvalue weighted by Gasteiger charge is -2.33. The highest BCUT2D eigenvalue weighted by Crippen LogP contribution is 2.27. The number of nitrogens with two attached hydrogens (primary N) is 1. The molecule has 5 heteroatoms. The molecule has 0 bridgehead atoms. The first-order chi connectivity index (χ1) is 10.1. The van der Waals surface area contributed by atoms with Crippen LogP contribution in [-0.2, 0) is 0 Å². The number of rotatable bonds is 6. The highest BCUT2D eigenvalue weighted by atomic mass is 79.9. The third-order valence-electron chi connectivity index (χ3n) is 4.48. The Hall–Kier alpha value is -0.490. The fourth-order valence-electron chi connectivity index (χ4n) is 3.29. The van der Waals surface area contributed by atoms with E-state index in [1.54, 1.807) is 6.07 Å². The number of halogens is 2. The van der Waals surface area contributed by atoms with Gasteiger partial charge in [-0.1, -0.05) is 22.9 Å². The molecule has 2 atom stereocenters. The molecular formula is C16H25BrFN3. The molecule has 21 heavy (non-hydrogen) atoms. The maximum atomic E-state index is 14.1. The van der Waals surface area contributed by atoms with Crippen molar-refractivity contribution in [3.8, 4) is 0 Å². The number of benzene rings is 1. The number of likely N-dealkylation sites (tertiary alicyclic amines) is 1. The van der Waals surface area contributed by atoms with Crippen LogP contribution in [0.25, 0.3) is 0 Å². The lowest BCUT2D eigenvalue weighted by atomic mass is 10.0. The molecule has 1 heterocycles. The molecule has 1 aliphatic rings. The van der Waals surface area contributed by atoms with Gasteiger partial charge in [0.05, 0.1) is 0 Å². The molecule has 0 aliphatic carbocycles. The molecule has 3 nitrogen and oxygen atoms in total. The van der Waals surface area contributed by atoms with Gasteiger partial charge in [-0.25, -0.2) is 4.39 Å². The minimum atomic E-state index is -0.181. The third-order valence-corrected chi connectivity index (χ3v) is 4.97. The van der Waals surface area contributed by atoms with Crippen molar-refractivity contribution in [3.63, 3.8) is 0 Å². The Bertz CT molecular complexity index is 469. The lowest BCUT2D eigenvalue weighted by Crippen LogP contribution is -2.42. The van der Waals surface area contributed by atoms with Crippen LogP contribution in [0.1, 0.15) is 31.4 Å². The summed E-state index contributed by atoms with van der Waals surface area (Å²) in [6, 6.07) is 5.55. The monoisotopic (exact) mass is 357 g/mol. The van der Waals surface area contributed by atoms with Crippen molar-refractivity contribution in [2.75, 3.05) is 33.2 Å². The summed E-state index contributed by atoms with van der Waals surface area (Å²) < 4.78 is 15.0. The van der Waals surface area contributed by atoms with Gasteiger partial charge in [-0.15, -0.1) is 0 Å². The molecule has 2 rings (SSSR count). The summed E-state index contributed by atoms with van der Waals surface area (Å²) in [4.78, 5) is 4.70. The van der Waals surface area contributed by atoms with Gasteiger partial charge in [0.1, 0.15) is 5.82 Å². The molecule has 1 aromatic carbocycles. The van der Waals surface area contributed by atoms with E-state index in [9.17, 15) is 4.39 Å². The van der Waals surface area contributed by atoms with Gasteiger partial charge in [0.2, 0.25) is 0 Å². The van der Waals surface area contributed by atoms with E-state index in [2.05, 4.69) is 32.7 Å². The minimum absolute atomic E-state index is 0.0817. The van der Waals surface area contributed by atoms with Gasteiger partial charge in [0.25, 0.3) is 0 Å². The molecule has 0 radical (unpaired) electrons. The second-order valence-electron chi connectivity index (χ2n) is 5.78. The average Bonchev–Trinajstić information content (AvgIpc) is 2.90. The quantitative estimate of drug-likeness (QED) is 0.849. The van der Waals surface area contributed by atoms with E-state index >= 15 is 0 Å². The zero-order valence-electron chi connectivity index (χ0n) is 12.9. The maximum Gasteiger partial charge on any atom is 0.128 e. The lowest BCUT2D eigenvalue weighted by molar-refractivity contribution is 0.164. The third kappa shape index (κ3) is 4.03. The van der Waals surface area contributed by atoms with Crippen molar-refractivity contribution >= 4 is 15.9 Å². The maximum absolute atomic E-state index is 14.1. The van der Waals surface area contributed by atoms with Crippen LogP contribution in [-0.4, -0.2) is 49.1 Å². The van der Waals surface area contributed by atoms with Crippen molar-refractivity contribution in [2.45, 2.75) is 31.8 Å². The van der Waals surface area contributed by atoms with Gasteiger partial charge in [-0.3, -0.25) is 9.80 Å². The SMILES string of the molecule is CCN1CCCC1CN(C)C(CN)c1cc(Br)ccc1F. The van der Waals surface area contributed by atoms with Crippen LogP contribution in [0, 0.1) is 5.82 Å². The largest absolute Gasteiger partial charge is 0.329 e. The summed E-state index contributed by atoms with van der Waals surface area (Å²) in [7, 11) is 2.05. The van der Waals surface area contributed by atoms with Crippen LogP contribution in [0.15, 0.2) is 22.7 Å². The van der Waals surface area contributed by atoms with Crippen LogP contribution in [0.4, 0.5) is 4.39 Å². The van der Waals surface area contributed by atoms with Crippen molar-refractivity contribution < 1.29 is 4.39 Å². The molecular weight excluding hydrogens is 333 g/mol. The van der Waals surface area contributed by atoms with Crippen LogP contribution < -0.4 is 5.73 Å². The van der Waals surface area contributed by atoms with E-state index in [0.29, 0.717) is 18.2 Å². The average molecular weight is 358 g/mol. The molecule has 1 saturated heterocycles. The first kappa shape index (κ1) is 16.9. The Kier molecular flexibility index (Phi) is 6.17. The van der Waals surface area contributed by atoms with Gasteiger partial charge in [-0.05, 0) is 51.2 Å². The predicted molar refractivity (Wildman–Crippen MR) is 88.8 cm³/mol. The Labute approximate surface area is 135 Å². The van der Waals surface area contributed by atoms with E-state index in [-0.39, 0.29) is 11.9 Å².